The highest BCUT2D eigenvalue weighted by atomic mass is 16.2. The second-order valence-corrected chi connectivity index (χ2v) is 4.32. The Balaban J connectivity index is 2.84. The molecule has 0 spiro atoms. The second kappa shape index (κ2) is 5.47. The maximum absolute atomic E-state index is 11.9. The van der Waals surface area contributed by atoms with Crippen molar-refractivity contribution in [1.29, 1.82) is 0 Å². The number of rotatable bonds is 4. The highest BCUT2D eigenvalue weighted by Crippen LogP contribution is 2.13. The lowest BCUT2D eigenvalue weighted by atomic mass is 10.2. The lowest BCUT2D eigenvalue weighted by Crippen LogP contribution is -2.30. The first kappa shape index (κ1) is 13.2. The van der Waals surface area contributed by atoms with Gasteiger partial charge in [-0.3, -0.25) is 14.3 Å². The van der Waals surface area contributed by atoms with Crippen molar-refractivity contribution in [1.82, 2.24) is 15.1 Å². The summed E-state index contributed by atoms with van der Waals surface area (Å²) in [5.74, 6) is -0.0882. The van der Waals surface area contributed by atoms with Crippen LogP contribution in [0.15, 0.2) is 6.20 Å². The molecule has 1 aromatic heterocycles. The van der Waals surface area contributed by atoms with Gasteiger partial charge in [0.05, 0.1) is 11.9 Å². The van der Waals surface area contributed by atoms with Crippen LogP contribution in [0.25, 0.3) is 0 Å². The minimum Gasteiger partial charge on any atom is -0.350 e. The van der Waals surface area contributed by atoms with Crippen molar-refractivity contribution in [2.75, 3.05) is 11.9 Å². The zero-order valence-electron chi connectivity index (χ0n) is 10.6. The van der Waals surface area contributed by atoms with Gasteiger partial charge in [0.15, 0.2) is 0 Å². The predicted octanol–water partition coefficient (Wildman–Crippen LogP) is 0.764. The van der Waals surface area contributed by atoms with E-state index >= 15 is 0 Å². The molecule has 1 aromatic rings. The average Bonchev–Trinajstić information content (AvgIpc) is 2.55. The highest BCUT2D eigenvalue weighted by Gasteiger charge is 2.17. The van der Waals surface area contributed by atoms with Gasteiger partial charge in [-0.05, 0) is 5.92 Å². The number of hydrogen-bond donors (Lipinski definition) is 2. The molecule has 0 saturated carbocycles. The third-order valence-corrected chi connectivity index (χ3v) is 2.14. The largest absolute Gasteiger partial charge is 0.350 e. The maximum atomic E-state index is 11.9. The Kier molecular flexibility index (Phi) is 4.25. The molecule has 0 aliphatic rings. The first-order valence-corrected chi connectivity index (χ1v) is 5.49. The minimum absolute atomic E-state index is 0.226. The third kappa shape index (κ3) is 3.58. The van der Waals surface area contributed by atoms with Gasteiger partial charge in [-0.2, -0.15) is 5.10 Å². The number of nitrogens with zero attached hydrogens (tertiary/aromatic N) is 2. The quantitative estimate of drug-likeness (QED) is 0.813. The van der Waals surface area contributed by atoms with E-state index in [-0.39, 0.29) is 11.8 Å². The fourth-order valence-electron chi connectivity index (χ4n) is 1.37. The molecule has 0 radical (unpaired) electrons. The SMILES string of the molecule is CC(=O)Nc1cnn(C)c1C(=O)NCC(C)C. The van der Waals surface area contributed by atoms with Crippen LogP contribution in [0.4, 0.5) is 5.69 Å². The Labute approximate surface area is 100 Å². The number of aromatic nitrogens is 2. The molecule has 2 N–H and O–H groups in total. The molecular formula is C11H18N4O2. The summed E-state index contributed by atoms with van der Waals surface area (Å²) in [4.78, 5) is 22.9. The second-order valence-electron chi connectivity index (χ2n) is 4.32. The number of nitrogens with one attached hydrogen (secondary N) is 2. The number of aryl methyl sites for hydroxylation is 1. The lowest BCUT2D eigenvalue weighted by Gasteiger charge is -2.09. The Hall–Kier alpha value is -1.85. The molecule has 2 amide bonds. The summed E-state index contributed by atoms with van der Waals surface area (Å²) in [6.45, 7) is 6.00. The molecular weight excluding hydrogens is 220 g/mol. The third-order valence-electron chi connectivity index (χ3n) is 2.14. The van der Waals surface area contributed by atoms with Crippen molar-refractivity contribution < 1.29 is 9.59 Å². The van der Waals surface area contributed by atoms with E-state index in [1.54, 1.807) is 7.05 Å². The monoisotopic (exact) mass is 238 g/mol. The Morgan fingerprint density at radius 1 is 1.47 bits per heavy atom. The molecule has 0 unspecified atom stereocenters. The fraction of sp³-hybridized carbons (Fsp3) is 0.545. The fourth-order valence-corrected chi connectivity index (χ4v) is 1.37. The van der Waals surface area contributed by atoms with Gasteiger partial charge in [0.2, 0.25) is 5.91 Å². The van der Waals surface area contributed by atoms with Crippen LogP contribution in [0, 0.1) is 5.92 Å². The standard InChI is InChI=1S/C11H18N4O2/c1-7(2)5-12-11(17)10-9(14-8(3)16)6-13-15(10)4/h6-7H,5H2,1-4H3,(H,12,17)(H,14,16). The number of anilines is 1. The van der Waals surface area contributed by atoms with Gasteiger partial charge >= 0.3 is 0 Å². The molecule has 1 heterocycles. The molecule has 0 fully saturated rings. The van der Waals surface area contributed by atoms with E-state index in [0.717, 1.165) is 0 Å². The predicted molar refractivity (Wildman–Crippen MR) is 64.7 cm³/mol. The highest BCUT2D eigenvalue weighted by molar-refractivity contribution is 6.01. The van der Waals surface area contributed by atoms with Crippen LogP contribution >= 0.6 is 0 Å². The van der Waals surface area contributed by atoms with Gasteiger partial charge in [-0.25, -0.2) is 0 Å². The number of carbonyl (C=O) groups is 2. The van der Waals surface area contributed by atoms with Crippen LogP contribution in [0.2, 0.25) is 0 Å². The van der Waals surface area contributed by atoms with Gasteiger partial charge in [0.25, 0.3) is 5.91 Å². The zero-order chi connectivity index (χ0) is 13.0. The Bertz CT molecular complexity index is 423. The van der Waals surface area contributed by atoms with Crippen molar-refractivity contribution in [2.24, 2.45) is 13.0 Å². The van der Waals surface area contributed by atoms with E-state index in [9.17, 15) is 9.59 Å². The van der Waals surface area contributed by atoms with Gasteiger partial charge in [0.1, 0.15) is 5.69 Å². The van der Waals surface area contributed by atoms with Crippen LogP contribution in [-0.2, 0) is 11.8 Å². The Morgan fingerprint density at radius 3 is 2.65 bits per heavy atom. The summed E-state index contributed by atoms with van der Waals surface area (Å²) < 4.78 is 1.45. The van der Waals surface area contributed by atoms with E-state index in [4.69, 9.17) is 0 Å². The average molecular weight is 238 g/mol. The number of amides is 2. The molecule has 0 saturated heterocycles. The van der Waals surface area contributed by atoms with E-state index in [0.29, 0.717) is 23.8 Å². The molecule has 0 atom stereocenters. The molecule has 0 bridgehead atoms. The molecule has 6 nitrogen and oxygen atoms in total. The van der Waals surface area contributed by atoms with Crippen LogP contribution in [0.5, 0.6) is 0 Å². The first-order valence-electron chi connectivity index (χ1n) is 5.49. The summed E-state index contributed by atoms with van der Waals surface area (Å²) in [7, 11) is 1.66. The maximum Gasteiger partial charge on any atom is 0.271 e. The topological polar surface area (TPSA) is 76.0 Å². The number of carbonyl (C=O) groups excluding carboxylic acids is 2. The molecule has 17 heavy (non-hydrogen) atoms. The van der Waals surface area contributed by atoms with E-state index in [2.05, 4.69) is 15.7 Å². The molecule has 0 aliphatic heterocycles. The molecule has 94 valence electrons. The summed E-state index contributed by atoms with van der Waals surface area (Å²) in [6.07, 6.45) is 1.46. The van der Waals surface area contributed by atoms with Gasteiger partial charge < -0.3 is 10.6 Å². The van der Waals surface area contributed by atoms with E-state index in [1.165, 1.54) is 17.8 Å². The lowest BCUT2D eigenvalue weighted by molar-refractivity contribution is -0.114. The van der Waals surface area contributed by atoms with Crippen molar-refractivity contribution in [3.63, 3.8) is 0 Å². The summed E-state index contributed by atoms with van der Waals surface area (Å²) >= 11 is 0. The minimum atomic E-state index is -0.234. The molecule has 0 aromatic carbocycles. The van der Waals surface area contributed by atoms with Crippen LogP contribution < -0.4 is 10.6 Å². The summed E-state index contributed by atoms with van der Waals surface area (Å²) in [6, 6.07) is 0. The van der Waals surface area contributed by atoms with Crippen molar-refractivity contribution in [3.05, 3.63) is 11.9 Å². The van der Waals surface area contributed by atoms with Crippen molar-refractivity contribution >= 4 is 17.5 Å². The smallest absolute Gasteiger partial charge is 0.271 e. The molecule has 1 rings (SSSR count). The van der Waals surface area contributed by atoms with Crippen LogP contribution in [0.3, 0.4) is 0 Å². The van der Waals surface area contributed by atoms with Crippen molar-refractivity contribution in [2.45, 2.75) is 20.8 Å². The van der Waals surface area contributed by atoms with Gasteiger partial charge in [-0.15, -0.1) is 0 Å². The molecule has 6 heteroatoms. The first-order chi connectivity index (χ1) is 7.91. The van der Waals surface area contributed by atoms with Gasteiger partial charge in [0, 0.05) is 20.5 Å². The van der Waals surface area contributed by atoms with Crippen LogP contribution in [0.1, 0.15) is 31.3 Å². The van der Waals surface area contributed by atoms with E-state index in [1.807, 2.05) is 13.8 Å². The number of hydrogen-bond acceptors (Lipinski definition) is 3. The molecule has 0 aliphatic carbocycles. The Morgan fingerprint density at radius 2 is 2.12 bits per heavy atom. The van der Waals surface area contributed by atoms with Gasteiger partial charge in [-0.1, -0.05) is 13.8 Å². The van der Waals surface area contributed by atoms with Crippen molar-refractivity contribution in [3.8, 4) is 0 Å². The summed E-state index contributed by atoms with van der Waals surface area (Å²) in [5, 5.41) is 9.33. The van der Waals surface area contributed by atoms with Crippen LogP contribution in [-0.4, -0.2) is 28.1 Å². The normalized spacial score (nSPS) is 10.4. The van der Waals surface area contributed by atoms with E-state index < -0.39 is 0 Å². The zero-order valence-corrected chi connectivity index (χ0v) is 10.6. The summed E-state index contributed by atoms with van der Waals surface area (Å²) in [5.41, 5.74) is 0.794.